The van der Waals surface area contributed by atoms with Crippen LogP contribution in [0.2, 0.25) is 0 Å². The number of hydrogen-bond acceptors (Lipinski definition) is 6. The first kappa shape index (κ1) is 20.1. The molecular weight excluding hydrogens is 379 g/mol. The maximum Gasteiger partial charge on any atom is 0.329 e. The van der Waals surface area contributed by atoms with Crippen molar-refractivity contribution < 1.29 is 23.5 Å². The van der Waals surface area contributed by atoms with Crippen LogP contribution in [0.1, 0.15) is 18.4 Å². The van der Waals surface area contributed by atoms with E-state index in [0.29, 0.717) is 0 Å². The first-order valence-corrected chi connectivity index (χ1v) is 8.89. The molecule has 1 aromatic carbocycles. The van der Waals surface area contributed by atoms with E-state index in [2.05, 4.69) is 0 Å². The third-order valence-electron chi connectivity index (χ3n) is 5.28. The molecule has 0 radical (unpaired) electrons. The summed E-state index contributed by atoms with van der Waals surface area (Å²) in [5, 5.41) is 10.2. The Labute approximate surface area is 166 Å². The van der Waals surface area contributed by atoms with Crippen LogP contribution < -0.4 is 11.5 Å². The molecule has 2 aliphatic heterocycles. The van der Waals surface area contributed by atoms with Crippen LogP contribution in [0.15, 0.2) is 48.2 Å². The average molecular weight is 398 g/mol. The summed E-state index contributed by atoms with van der Waals surface area (Å²) < 4.78 is 19.9. The van der Waals surface area contributed by atoms with Crippen molar-refractivity contribution in [2.24, 2.45) is 16.9 Å². The Hall–Kier alpha value is -3.67. The summed E-state index contributed by atoms with van der Waals surface area (Å²) in [6, 6.07) is 5.20. The number of primary amides is 2. The molecule has 8 nitrogen and oxygen atoms in total. The second-order valence-electron chi connectivity index (χ2n) is 6.75. The lowest BCUT2D eigenvalue weighted by molar-refractivity contribution is -0.153. The number of esters is 1. The number of carbonyl (C=O) groups excluding carboxylic acids is 3. The maximum atomic E-state index is 14.8. The second-order valence-corrected chi connectivity index (χ2v) is 6.75. The predicted molar refractivity (Wildman–Crippen MR) is 98.8 cm³/mol. The van der Waals surface area contributed by atoms with Gasteiger partial charge in [-0.3, -0.25) is 14.4 Å². The van der Waals surface area contributed by atoms with E-state index in [1.807, 2.05) is 6.07 Å². The zero-order valence-electron chi connectivity index (χ0n) is 15.5. The van der Waals surface area contributed by atoms with Crippen LogP contribution in [0.5, 0.6) is 0 Å². The molecule has 0 spiro atoms. The van der Waals surface area contributed by atoms with Gasteiger partial charge in [-0.05, 0) is 24.6 Å². The van der Waals surface area contributed by atoms with Crippen LogP contribution in [0.25, 0.3) is 0 Å². The van der Waals surface area contributed by atoms with E-state index >= 15 is 0 Å². The quantitative estimate of drug-likeness (QED) is 0.691. The first-order chi connectivity index (χ1) is 13.8. The van der Waals surface area contributed by atoms with Gasteiger partial charge in [0.1, 0.15) is 11.9 Å². The fourth-order valence-corrected chi connectivity index (χ4v) is 4.10. The highest BCUT2D eigenvalue weighted by Crippen LogP contribution is 2.54. The number of benzene rings is 1. The van der Waals surface area contributed by atoms with Crippen LogP contribution in [-0.4, -0.2) is 41.4 Å². The van der Waals surface area contributed by atoms with E-state index in [-0.39, 0.29) is 17.7 Å². The summed E-state index contributed by atoms with van der Waals surface area (Å²) in [6.07, 6.45) is 4.04. The number of rotatable bonds is 5. The SMILES string of the molecule is CCOC(=O)[C@]1(C#N)[C@@H]2C=CC(C(N)=O)=CN2[C@@H](C(N)=O)[C@@H]1c1ccccc1F. The van der Waals surface area contributed by atoms with Gasteiger partial charge in [0.25, 0.3) is 0 Å². The molecule has 0 aliphatic carbocycles. The standard InChI is InChI=1S/C20H19FN4O4/c1-2-29-19(28)20(10-22)14-8-7-11(17(23)26)9-25(14)16(18(24)27)15(20)12-5-3-4-6-13(12)21/h3-9,14-16H,2H2,1H3,(H2,23,26)(H2,24,27)/t14-,15-,16+,20+/m0/s1. The molecule has 4 N–H and O–H groups in total. The minimum atomic E-state index is -1.98. The molecule has 29 heavy (non-hydrogen) atoms. The monoisotopic (exact) mass is 398 g/mol. The van der Waals surface area contributed by atoms with Crippen molar-refractivity contribution in [2.75, 3.05) is 6.61 Å². The zero-order chi connectivity index (χ0) is 21.3. The van der Waals surface area contributed by atoms with Crippen LogP contribution in [0, 0.1) is 22.6 Å². The Bertz CT molecular complexity index is 983. The van der Waals surface area contributed by atoms with E-state index in [1.165, 1.54) is 47.5 Å². The van der Waals surface area contributed by atoms with E-state index in [9.17, 15) is 24.0 Å². The Balaban J connectivity index is 2.32. The largest absolute Gasteiger partial charge is 0.465 e. The molecule has 150 valence electrons. The molecule has 2 heterocycles. The molecule has 1 saturated heterocycles. The number of nitriles is 1. The van der Waals surface area contributed by atoms with Gasteiger partial charge in [-0.15, -0.1) is 0 Å². The summed E-state index contributed by atoms with van der Waals surface area (Å²) in [6.45, 7) is 1.55. The number of amides is 2. The molecule has 9 heteroatoms. The van der Waals surface area contributed by atoms with Crippen LogP contribution in [0.4, 0.5) is 4.39 Å². The maximum absolute atomic E-state index is 14.8. The number of carbonyl (C=O) groups is 3. The summed E-state index contributed by atoms with van der Waals surface area (Å²) in [4.78, 5) is 38.4. The summed E-state index contributed by atoms with van der Waals surface area (Å²) in [5.41, 5.74) is 9.00. The van der Waals surface area contributed by atoms with Gasteiger partial charge in [-0.2, -0.15) is 5.26 Å². The molecule has 1 aromatic rings. The normalized spacial score (nSPS) is 27.6. The van der Waals surface area contributed by atoms with Crippen molar-refractivity contribution in [3.8, 4) is 6.07 Å². The van der Waals surface area contributed by atoms with Crippen molar-refractivity contribution in [3.05, 3.63) is 59.6 Å². The van der Waals surface area contributed by atoms with Crippen molar-refractivity contribution in [1.82, 2.24) is 4.90 Å². The second kappa shape index (κ2) is 7.39. The highest BCUT2D eigenvalue weighted by Gasteiger charge is 2.66. The summed E-state index contributed by atoms with van der Waals surface area (Å²) in [7, 11) is 0. The van der Waals surface area contributed by atoms with E-state index < -0.39 is 47.0 Å². The van der Waals surface area contributed by atoms with Crippen LogP contribution in [-0.2, 0) is 19.1 Å². The lowest BCUT2D eigenvalue weighted by atomic mass is 9.68. The van der Waals surface area contributed by atoms with E-state index in [0.717, 1.165) is 0 Å². The van der Waals surface area contributed by atoms with Gasteiger partial charge in [0, 0.05) is 12.1 Å². The third kappa shape index (κ3) is 2.93. The van der Waals surface area contributed by atoms with Crippen molar-refractivity contribution in [3.63, 3.8) is 0 Å². The number of hydrogen-bond donors (Lipinski definition) is 2. The van der Waals surface area contributed by atoms with Gasteiger partial charge in [-0.1, -0.05) is 24.3 Å². The molecule has 0 bridgehead atoms. The highest BCUT2D eigenvalue weighted by atomic mass is 19.1. The fourth-order valence-electron chi connectivity index (χ4n) is 4.10. The molecule has 4 atom stereocenters. The Morgan fingerprint density at radius 2 is 2.00 bits per heavy atom. The number of nitrogens with two attached hydrogens (primary N) is 2. The van der Waals surface area contributed by atoms with Crippen molar-refractivity contribution in [2.45, 2.75) is 24.9 Å². The lowest BCUT2D eigenvalue weighted by Crippen LogP contribution is -2.45. The highest BCUT2D eigenvalue weighted by molar-refractivity contribution is 5.96. The Morgan fingerprint density at radius 1 is 1.31 bits per heavy atom. The first-order valence-electron chi connectivity index (χ1n) is 8.89. The topological polar surface area (TPSA) is 140 Å². The van der Waals surface area contributed by atoms with Gasteiger partial charge in [0.05, 0.1) is 24.3 Å². The van der Waals surface area contributed by atoms with Crippen LogP contribution >= 0.6 is 0 Å². The van der Waals surface area contributed by atoms with E-state index in [1.54, 1.807) is 6.92 Å². The Kier molecular flexibility index (Phi) is 5.12. The summed E-state index contributed by atoms with van der Waals surface area (Å²) in [5.74, 6) is -4.54. The van der Waals surface area contributed by atoms with Gasteiger partial charge in [0.2, 0.25) is 11.8 Å². The number of nitrogens with zero attached hydrogens (tertiary/aromatic N) is 2. The van der Waals surface area contributed by atoms with Crippen molar-refractivity contribution >= 4 is 17.8 Å². The third-order valence-corrected chi connectivity index (χ3v) is 5.28. The van der Waals surface area contributed by atoms with Gasteiger partial charge >= 0.3 is 5.97 Å². The molecule has 3 rings (SSSR count). The van der Waals surface area contributed by atoms with Crippen LogP contribution in [0.3, 0.4) is 0 Å². The lowest BCUT2D eigenvalue weighted by Gasteiger charge is -2.32. The minimum absolute atomic E-state index is 0.0215. The molecule has 2 aliphatic rings. The molecule has 0 unspecified atom stereocenters. The number of ether oxygens (including phenoxy) is 1. The fraction of sp³-hybridized carbons (Fsp3) is 0.300. The molecule has 0 aromatic heterocycles. The zero-order valence-corrected chi connectivity index (χ0v) is 15.5. The smallest absolute Gasteiger partial charge is 0.329 e. The van der Waals surface area contributed by atoms with Gasteiger partial charge < -0.3 is 21.1 Å². The minimum Gasteiger partial charge on any atom is -0.465 e. The number of halogens is 1. The number of fused-ring (bicyclic) bond motifs is 1. The molecule has 0 saturated carbocycles. The molecule has 2 amide bonds. The van der Waals surface area contributed by atoms with Crippen molar-refractivity contribution in [1.29, 1.82) is 5.26 Å². The van der Waals surface area contributed by atoms with E-state index in [4.69, 9.17) is 16.2 Å². The molecular formula is C20H19FN4O4. The summed E-state index contributed by atoms with van der Waals surface area (Å²) >= 11 is 0. The Morgan fingerprint density at radius 3 is 2.55 bits per heavy atom. The van der Waals surface area contributed by atoms with Gasteiger partial charge in [0.15, 0.2) is 5.41 Å². The molecule has 1 fully saturated rings. The predicted octanol–water partition coefficient (Wildman–Crippen LogP) is 0.459. The van der Waals surface area contributed by atoms with Gasteiger partial charge in [-0.25, -0.2) is 4.39 Å². The average Bonchev–Trinajstić information content (AvgIpc) is 2.99.